The maximum Gasteiger partial charge on any atom is 0.0158 e. The SMILES string of the molecule is C=C(c1cc(C)sc1C)C(C)(C)c1cc(C)sc1C. The minimum Gasteiger partial charge on any atom is -0.146 e. The maximum absolute atomic E-state index is 4.41. The molecule has 2 rings (SSSR count). The highest BCUT2D eigenvalue weighted by Gasteiger charge is 2.29. The number of aryl methyl sites for hydroxylation is 4. The van der Waals surface area contributed by atoms with Crippen molar-refractivity contribution in [3.8, 4) is 0 Å². The molecule has 0 aliphatic carbocycles. The Morgan fingerprint density at radius 3 is 1.89 bits per heavy atom. The number of thiophene rings is 2. The monoisotopic (exact) mass is 290 g/mol. The van der Waals surface area contributed by atoms with E-state index in [0.29, 0.717) is 0 Å². The molecule has 19 heavy (non-hydrogen) atoms. The number of rotatable bonds is 3. The number of hydrogen-bond donors (Lipinski definition) is 0. The van der Waals surface area contributed by atoms with Crippen LogP contribution in [0.15, 0.2) is 18.7 Å². The molecule has 0 bridgehead atoms. The fourth-order valence-electron chi connectivity index (χ4n) is 2.68. The molecule has 0 radical (unpaired) electrons. The van der Waals surface area contributed by atoms with Gasteiger partial charge >= 0.3 is 0 Å². The normalized spacial score (nSPS) is 11.9. The third-order valence-electron chi connectivity index (χ3n) is 3.83. The average molecular weight is 290 g/mol. The van der Waals surface area contributed by atoms with E-state index in [9.17, 15) is 0 Å². The van der Waals surface area contributed by atoms with Gasteiger partial charge in [0.05, 0.1) is 0 Å². The lowest BCUT2D eigenvalue weighted by Gasteiger charge is -2.28. The van der Waals surface area contributed by atoms with Crippen LogP contribution < -0.4 is 0 Å². The summed E-state index contributed by atoms with van der Waals surface area (Å²) in [6.45, 7) is 17.7. The minimum absolute atomic E-state index is 0.00683. The molecule has 0 atom stereocenters. The van der Waals surface area contributed by atoms with Crippen LogP contribution in [0, 0.1) is 27.7 Å². The van der Waals surface area contributed by atoms with Crippen LogP contribution in [0.4, 0.5) is 0 Å². The predicted octanol–water partition coefficient (Wildman–Crippen LogP) is 6.03. The molecule has 0 aliphatic heterocycles. The largest absolute Gasteiger partial charge is 0.146 e. The molecular formula is C17H22S2. The number of hydrogen-bond acceptors (Lipinski definition) is 2. The zero-order chi connectivity index (χ0) is 14.4. The second-order valence-electron chi connectivity index (χ2n) is 5.76. The molecule has 0 saturated carbocycles. The summed E-state index contributed by atoms with van der Waals surface area (Å²) in [5.74, 6) is 0. The van der Waals surface area contributed by atoms with E-state index in [4.69, 9.17) is 0 Å². The molecule has 0 amide bonds. The van der Waals surface area contributed by atoms with Crippen molar-refractivity contribution in [3.63, 3.8) is 0 Å². The highest BCUT2D eigenvalue weighted by molar-refractivity contribution is 7.12. The van der Waals surface area contributed by atoms with E-state index in [1.165, 1.54) is 36.2 Å². The Labute approximate surface area is 124 Å². The highest BCUT2D eigenvalue weighted by Crippen LogP contribution is 2.43. The molecular weight excluding hydrogens is 268 g/mol. The van der Waals surface area contributed by atoms with Crippen LogP contribution >= 0.6 is 22.7 Å². The molecule has 0 unspecified atom stereocenters. The van der Waals surface area contributed by atoms with Crippen LogP contribution in [0.5, 0.6) is 0 Å². The smallest absolute Gasteiger partial charge is 0.0158 e. The van der Waals surface area contributed by atoms with Crippen molar-refractivity contribution in [1.29, 1.82) is 0 Å². The van der Waals surface area contributed by atoms with Gasteiger partial charge in [0.25, 0.3) is 0 Å². The molecule has 2 aromatic rings. The summed E-state index contributed by atoms with van der Waals surface area (Å²) in [6.07, 6.45) is 0. The van der Waals surface area contributed by atoms with Gasteiger partial charge in [0.2, 0.25) is 0 Å². The van der Waals surface area contributed by atoms with Crippen molar-refractivity contribution in [3.05, 3.63) is 49.3 Å². The molecule has 2 heterocycles. The van der Waals surface area contributed by atoms with Crippen molar-refractivity contribution in [1.82, 2.24) is 0 Å². The Bertz CT molecular complexity index is 624. The zero-order valence-electron chi connectivity index (χ0n) is 12.7. The van der Waals surface area contributed by atoms with Crippen LogP contribution in [0.2, 0.25) is 0 Å². The van der Waals surface area contributed by atoms with Gasteiger partial charge in [0.15, 0.2) is 0 Å². The molecule has 0 aliphatic rings. The first-order valence-electron chi connectivity index (χ1n) is 6.57. The van der Waals surface area contributed by atoms with Crippen LogP contribution in [-0.4, -0.2) is 0 Å². The maximum atomic E-state index is 4.41. The van der Waals surface area contributed by atoms with E-state index in [1.54, 1.807) is 0 Å². The van der Waals surface area contributed by atoms with E-state index in [2.05, 4.69) is 60.3 Å². The van der Waals surface area contributed by atoms with Gasteiger partial charge in [-0.3, -0.25) is 0 Å². The standard InChI is InChI=1S/C17H22S2/c1-10-8-15(13(4)18-10)12(3)17(6,7)16-9-11(2)19-14(16)5/h8-9H,3H2,1-2,4-7H3. The fraction of sp³-hybridized carbons (Fsp3) is 0.412. The Balaban J connectivity index is 2.47. The lowest BCUT2D eigenvalue weighted by molar-refractivity contribution is 0.692. The van der Waals surface area contributed by atoms with Gasteiger partial charge < -0.3 is 0 Å². The quantitative estimate of drug-likeness (QED) is 0.647. The lowest BCUT2D eigenvalue weighted by Crippen LogP contribution is -2.19. The molecule has 0 saturated heterocycles. The fourth-order valence-corrected chi connectivity index (χ4v) is 4.72. The van der Waals surface area contributed by atoms with Gasteiger partial charge in [-0.1, -0.05) is 20.4 Å². The summed E-state index contributed by atoms with van der Waals surface area (Å²) in [6, 6.07) is 4.60. The van der Waals surface area contributed by atoms with E-state index < -0.39 is 0 Å². The highest BCUT2D eigenvalue weighted by atomic mass is 32.1. The zero-order valence-corrected chi connectivity index (χ0v) is 14.3. The molecule has 0 spiro atoms. The summed E-state index contributed by atoms with van der Waals surface area (Å²) in [4.78, 5) is 5.53. The minimum atomic E-state index is -0.00683. The molecule has 2 aromatic heterocycles. The van der Waals surface area contributed by atoms with Gasteiger partial charge in [0, 0.05) is 24.9 Å². The van der Waals surface area contributed by atoms with Crippen molar-refractivity contribution in [2.75, 3.05) is 0 Å². The molecule has 2 heteroatoms. The van der Waals surface area contributed by atoms with Crippen molar-refractivity contribution in [2.24, 2.45) is 0 Å². The second-order valence-corrected chi connectivity index (χ2v) is 8.68. The van der Waals surface area contributed by atoms with Gasteiger partial charge in [-0.25, -0.2) is 0 Å². The predicted molar refractivity (Wildman–Crippen MR) is 89.6 cm³/mol. The van der Waals surface area contributed by atoms with Gasteiger partial charge in [-0.2, -0.15) is 0 Å². The molecule has 0 nitrogen and oxygen atoms in total. The number of allylic oxidation sites excluding steroid dienone is 1. The van der Waals surface area contributed by atoms with E-state index in [0.717, 1.165) is 0 Å². The lowest BCUT2D eigenvalue weighted by atomic mass is 9.75. The van der Waals surface area contributed by atoms with Crippen LogP contribution in [-0.2, 0) is 5.41 Å². The van der Waals surface area contributed by atoms with Crippen LogP contribution in [0.1, 0.15) is 44.5 Å². The van der Waals surface area contributed by atoms with Crippen molar-refractivity contribution < 1.29 is 0 Å². The average Bonchev–Trinajstić information content (AvgIpc) is 2.80. The molecule has 0 aromatic carbocycles. The first-order chi connectivity index (χ1) is 8.73. The first kappa shape index (κ1) is 14.5. The van der Waals surface area contributed by atoms with Crippen LogP contribution in [0.25, 0.3) is 5.57 Å². The summed E-state index contributed by atoms with van der Waals surface area (Å²) in [7, 11) is 0. The van der Waals surface area contributed by atoms with Gasteiger partial charge in [0.1, 0.15) is 0 Å². The Morgan fingerprint density at radius 2 is 1.47 bits per heavy atom. The van der Waals surface area contributed by atoms with E-state index in [1.807, 2.05) is 22.7 Å². The molecule has 0 N–H and O–H groups in total. The summed E-state index contributed by atoms with van der Waals surface area (Å²) < 4.78 is 0. The Kier molecular flexibility index (Phi) is 3.76. The van der Waals surface area contributed by atoms with Crippen molar-refractivity contribution in [2.45, 2.75) is 47.0 Å². The van der Waals surface area contributed by atoms with Gasteiger partial charge in [-0.05, 0) is 56.5 Å². The van der Waals surface area contributed by atoms with E-state index >= 15 is 0 Å². The first-order valence-corrected chi connectivity index (χ1v) is 8.21. The third-order valence-corrected chi connectivity index (χ3v) is 5.77. The topological polar surface area (TPSA) is 0 Å². The third kappa shape index (κ3) is 2.56. The van der Waals surface area contributed by atoms with E-state index in [-0.39, 0.29) is 5.41 Å². The Hall–Kier alpha value is -0.860. The molecule has 0 fully saturated rings. The summed E-state index contributed by atoms with van der Waals surface area (Å²) in [5, 5.41) is 0. The van der Waals surface area contributed by atoms with Crippen LogP contribution in [0.3, 0.4) is 0 Å². The molecule has 102 valence electrons. The summed E-state index contributed by atoms with van der Waals surface area (Å²) in [5.41, 5.74) is 3.97. The van der Waals surface area contributed by atoms with Gasteiger partial charge in [-0.15, -0.1) is 22.7 Å². The second kappa shape index (κ2) is 4.92. The van der Waals surface area contributed by atoms with Crippen molar-refractivity contribution >= 4 is 28.2 Å². The summed E-state index contributed by atoms with van der Waals surface area (Å²) >= 11 is 3.74. The Morgan fingerprint density at radius 1 is 0.947 bits per heavy atom.